The van der Waals surface area contributed by atoms with Crippen molar-refractivity contribution >= 4 is 11.9 Å². The van der Waals surface area contributed by atoms with E-state index in [1.807, 2.05) is 6.07 Å². The molecular formula is C14H20N4O2. The van der Waals surface area contributed by atoms with E-state index in [0.717, 1.165) is 24.7 Å². The van der Waals surface area contributed by atoms with Crippen LogP contribution < -0.4 is 10.2 Å². The van der Waals surface area contributed by atoms with E-state index in [1.54, 1.807) is 6.20 Å². The summed E-state index contributed by atoms with van der Waals surface area (Å²) in [5.41, 5.74) is 0.852. The van der Waals surface area contributed by atoms with Crippen LogP contribution in [-0.2, 0) is 16.1 Å². The minimum absolute atomic E-state index is 0.124. The predicted octanol–water partition coefficient (Wildman–Crippen LogP) is 0.729. The largest absolute Gasteiger partial charge is 0.378 e. The van der Waals surface area contributed by atoms with Gasteiger partial charge < -0.3 is 15.0 Å². The SMILES string of the molecule is O=C(CC1CC1)NCc1ccnc(N2CCOCC2)n1. The van der Waals surface area contributed by atoms with Crippen LogP contribution >= 0.6 is 0 Å². The fraction of sp³-hybridized carbons (Fsp3) is 0.643. The molecule has 1 aromatic rings. The molecule has 1 saturated carbocycles. The molecule has 1 aliphatic heterocycles. The number of nitrogens with one attached hydrogen (secondary N) is 1. The fourth-order valence-corrected chi connectivity index (χ4v) is 2.24. The van der Waals surface area contributed by atoms with Crippen molar-refractivity contribution in [1.29, 1.82) is 0 Å². The zero-order valence-electron chi connectivity index (χ0n) is 11.5. The van der Waals surface area contributed by atoms with E-state index in [-0.39, 0.29) is 5.91 Å². The van der Waals surface area contributed by atoms with Crippen LogP contribution in [-0.4, -0.2) is 42.2 Å². The van der Waals surface area contributed by atoms with Crippen molar-refractivity contribution in [3.8, 4) is 0 Å². The Hall–Kier alpha value is -1.69. The van der Waals surface area contributed by atoms with Crippen LogP contribution in [0.25, 0.3) is 0 Å². The molecule has 20 heavy (non-hydrogen) atoms. The summed E-state index contributed by atoms with van der Waals surface area (Å²) < 4.78 is 5.32. The highest BCUT2D eigenvalue weighted by atomic mass is 16.5. The maximum absolute atomic E-state index is 11.7. The van der Waals surface area contributed by atoms with Crippen LogP contribution in [0.4, 0.5) is 5.95 Å². The third kappa shape index (κ3) is 3.66. The van der Waals surface area contributed by atoms with Gasteiger partial charge >= 0.3 is 0 Å². The van der Waals surface area contributed by atoms with Crippen molar-refractivity contribution in [3.05, 3.63) is 18.0 Å². The van der Waals surface area contributed by atoms with Crippen molar-refractivity contribution in [2.24, 2.45) is 5.92 Å². The number of carbonyl (C=O) groups is 1. The number of aromatic nitrogens is 2. The number of anilines is 1. The summed E-state index contributed by atoms with van der Waals surface area (Å²) in [4.78, 5) is 22.6. The fourth-order valence-electron chi connectivity index (χ4n) is 2.24. The number of amides is 1. The smallest absolute Gasteiger partial charge is 0.225 e. The van der Waals surface area contributed by atoms with E-state index in [4.69, 9.17) is 4.74 Å². The Morgan fingerprint density at radius 1 is 1.40 bits per heavy atom. The van der Waals surface area contributed by atoms with Gasteiger partial charge in [0.15, 0.2) is 0 Å². The Morgan fingerprint density at radius 2 is 2.20 bits per heavy atom. The van der Waals surface area contributed by atoms with Gasteiger partial charge in [0, 0.05) is 25.7 Å². The van der Waals surface area contributed by atoms with Crippen LogP contribution in [0.3, 0.4) is 0 Å². The number of nitrogens with zero attached hydrogens (tertiary/aromatic N) is 3. The topological polar surface area (TPSA) is 67.4 Å². The molecule has 0 aromatic carbocycles. The van der Waals surface area contributed by atoms with Gasteiger partial charge in [0.05, 0.1) is 25.5 Å². The second-order valence-corrected chi connectivity index (χ2v) is 5.37. The summed E-state index contributed by atoms with van der Waals surface area (Å²) in [6.45, 7) is 3.54. The first-order chi connectivity index (χ1) is 9.81. The number of carbonyl (C=O) groups excluding carboxylic acids is 1. The molecule has 1 amide bonds. The lowest BCUT2D eigenvalue weighted by molar-refractivity contribution is -0.121. The molecule has 2 fully saturated rings. The lowest BCUT2D eigenvalue weighted by Crippen LogP contribution is -2.37. The highest BCUT2D eigenvalue weighted by Gasteiger charge is 2.24. The van der Waals surface area contributed by atoms with Crippen molar-refractivity contribution in [1.82, 2.24) is 15.3 Å². The van der Waals surface area contributed by atoms with Gasteiger partial charge in [0.25, 0.3) is 0 Å². The molecule has 2 heterocycles. The zero-order valence-corrected chi connectivity index (χ0v) is 11.5. The summed E-state index contributed by atoms with van der Waals surface area (Å²) >= 11 is 0. The Kier molecular flexibility index (Phi) is 4.11. The molecule has 2 aliphatic rings. The monoisotopic (exact) mass is 276 g/mol. The first-order valence-corrected chi connectivity index (χ1v) is 7.22. The second-order valence-electron chi connectivity index (χ2n) is 5.37. The summed E-state index contributed by atoms with van der Waals surface area (Å²) in [7, 11) is 0. The second kappa shape index (κ2) is 6.17. The number of hydrogen-bond acceptors (Lipinski definition) is 5. The lowest BCUT2D eigenvalue weighted by Gasteiger charge is -2.26. The molecular weight excluding hydrogens is 256 g/mol. The van der Waals surface area contributed by atoms with Gasteiger partial charge in [-0.05, 0) is 24.8 Å². The van der Waals surface area contributed by atoms with Crippen molar-refractivity contribution in [2.45, 2.75) is 25.8 Å². The van der Waals surface area contributed by atoms with Crippen LogP contribution in [0.1, 0.15) is 25.0 Å². The molecule has 1 N–H and O–H groups in total. The van der Waals surface area contributed by atoms with Gasteiger partial charge in [0.1, 0.15) is 0 Å². The molecule has 0 spiro atoms. The van der Waals surface area contributed by atoms with Gasteiger partial charge in [-0.2, -0.15) is 0 Å². The molecule has 3 rings (SSSR count). The summed E-state index contributed by atoms with van der Waals surface area (Å²) in [5, 5.41) is 2.93. The molecule has 108 valence electrons. The van der Waals surface area contributed by atoms with Gasteiger partial charge in [-0.15, -0.1) is 0 Å². The Labute approximate surface area is 118 Å². The van der Waals surface area contributed by atoms with Gasteiger partial charge in [-0.25, -0.2) is 9.97 Å². The molecule has 0 atom stereocenters. The minimum atomic E-state index is 0.124. The van der Waals surface area contributed by atoms with Crippen LogP contribution in [0.2, 0.25) is 0 Å². The number of rotatable bonds is 5. The third-order valence-corrected chi connectivity index (χ3v) is 3.63. The van der Waals surface area contributed by atoms with Crippen molar-refractivity contribution in [2.75, 3.05) is 31.2 Å². The predicted molar refractivity (Wildman–Crippen MR) is 74.3 cm³/mol. The Balaban J connectivity index is 1.54. The average molecular weight is 276 g/mol. The van der Waals surface area contributed by atoms with Crippen LogP contribution in [0.15, 0.2) is 12.3 Å². The van der Waals surface area contributed by atoms with E-state index < -0.39 is 0 Å². The van der Waals surface area contributed by atoms with E-state index in [1.165, 1.54) is 12.8 Å². The first-order valence-electron chi connectivity index (χ1n) is 7.22. The molecule has 6 heteroatoms. The maximum Gasteiger partial charge on any atom is 0.225 e. The van der Waals surface area contributed by atoms with Gasteiger partial charge in [-0.1, -0.05) is 0 Å². The van der Waals surface area contributed by atoms with E-state index in [0.29, 0.717) is 32.1 Å². The maximum atomic E-state index is 11.7. The third-order valence-electron chi connectivity index (χ3n) is 3.63. The molecule has 0 unspecified atom stereocenters. The molecule has 0 bridgehead atoms. The Bertz CT molecular complexity index is 470. The lowest BCUT2D eigenvalue weighted by atomic mass is 10.3. The zero-order chi connectivity index (χ0) is 13.8. The summed E-state index contributed by atoms with van der Waals surface area (Å²) in [5.74, 6) is 1.46. The van der Waals surface area contributed by atoms with Crippen molar-refractivity contribution < 1.29 is 9.53 Å². The number of morpholine rings is 1. The average Bonchev–Trinajstić information content (AvgIpc) is 3.30. The minimum Gasteiger partial charge on any atom is -0.378 e. The first kappa shape index (κ1) is 13.3. The number of ether oxygens (including phenoxy) is 1. The summed E-state index contributed by atoms with van der Waals surface area (Å²) in [6, 6.07) is 1.85. The number of hydrogen-bond donors (Lipinski definition) is 1. The molecule has 1 saturated heterocycles. The Morgan fingerprint density at radius 3 is 2.95 bits per heavy atom. The molecule has 6 nitrogen and oxygen atoms in total. The summed E-state index contributed by atoms with van der Waals surface area (Å²) in [6.07, 6.45) is 4.80. The van der Waals surface area contributed by atoms with Gasteiger partial charge in [0.2, 0.25) is 11.9 Å². The van der Waals surface area contributed by atoms with Crippen molar-refractivity contribution in [3.63, 3.8) is 0 Å². The van der Waals surface area contributed by atoms with E-state index >= 15 is 0 Å². The van der Waals surface area contributed by atoms with Gasteiger partial charge in [-0.3, -0.25) is 4.79 Å². The molecule has 1 aromatic heterocycles. The standard InChI is InChI=1S/C14H20N4O2/c19-13(9-11-1-2-11)16-10-12-3-4-15-14(17-12)18-5-7-20-8-6-18/h3-4,11H,1-2,5-10H2,(H,16,19). The molecule has 1 aliphatic carbocycles. The quantitative estimate of drug-likeness (QED) is 0.858. The highest BCUT2D eigenvalue weighted by Crippen LogP contribution is 2.32. The molecule has 0 radical (unpaired) electrons. The van der Waals surface area contributed by atoms with E-state index in [2.05, 4.69) is 20.2 Å². The van der Waals surface area contributed by atoms with E-state index in [9.17, 15) is 4.79 Å². The highest BCUT2D eigenvalue weighted by molar-refractivity contribution is 5.76. The normalized spacial score (nSPS) is 18.9. The van der Waals surface area contributed by atoms with Crippen LogP contribution in [0, 0.1) is 5.92 Å². The van der Waals surface area contributed by atoms with Crippen LogP contribution in [0.5, 0.6) is 0 Å².